The van der Waals surface area contributed by atoms with Gasteiger partial charge in [-0.3, -0.25) is 9.48 Å². The highest BCUT2D eigenvalue weighted by molar-refractivity contribution is 5.90. The number of carbonyl (C=O) groups excluding carboxylic acids is 2. The van der Waals surface area contributed by atoms with Gasteiger partial charge in [-0.25, -0.2) is 4.79 Å². The summed E-state index contributed by atoms with van der Waals surface area (Å²) in [6.07, 6.45) is 8.83. The number of nitrogens with zero attached hydrogens (tertiary/aromatic N) is 3. The molecule has 6 nitrogen and oxygen atoms in total. The zero-order chi connectivity index (χ0) is 17.8. The van der Waals surface area contributed by atoms with E-state index in [-0.39, 0.29) is 11.9 Å². The Hall–Kier alpha value is -1.85. The molecule has 6 heteroatoms. The highest BCUT2D eigenvalue weighted by atomic mass is 16.5. The van der Waals surface area contributed by atoms with E-state index in [0.717, 1.165) is 17.7 Å². The third kappa shape index (κ3) is 4.05. The molecule has 2 heterocycles. The van der Waals surface area contributed by atoms with Crippen LogP contribution in [0, 0.1) is 5.92 Å². The van der Waals surface area contributed by atoms with Crippen molar-refractivity contribution in [2.24, 2.45) is 13.0 Å². The largest absolute Gasteiger partial charge is 0.461 e. The summed E-state index contributed by atoms with van der Waals surface area (Å²) in [6, 6.07) is 0. The van der Waals surface area contributed by atoms with Crippen LogP contribution < -0.4 is 0 Å². The Labute approximate surface area is 149 Å². The molecule has 1 aromatic rings. The topological polar surface area (TPSA) is 64.4 Å². The molecule has 1 saturated carbocycles. The highest BCUT2D eigenvalue weighted by Gasteiger charge is 2.30. The number of esters is 1. The molecular formula is C19H29N3O3. The minimum atomic E-state index is -0.352. The van der Waals surface area contributed by atoms with Gasteiger partial charge in [-0.2, -0.15) is 5.10 Å². The third-order valence-corrected chi connectivity index (χ3v) is 5.51. The number of hydrogen-bond acceptors (Lipinski definition) is 4. The zero-order valence-corrected chi connectivity index (χ0v) is 15.4. The molecule has 25 heavy (non-hydrogen) atoms. The highest BCUT2D eigenvalue weighted by Crippen LogP contribution is 2.28. The fourth-order valence-electron chi connectivity index (χ4n) is 4.13. The van der Waals surface area contributed by atoms with Crippen LogP contribution >= 0.6 is 0 Å². The van der Waals surface area contributed by atoms with Crippen molar-refractivity contribution in [1.29, 1.82) is 0 Å². The van der Waals surface area contributed by atoms with Gasteiger partial charge in [0, 0.05) is 38.5 Å². The second-order valence-corrected chi connectivity index (χ2v) is 7.23. The summed E-state index contributed by atoms with van der Waals surface area (Å²) in [5, 5.41) is 4.45. The maximum atomic E-state index is 12.6. The average molecular weight is 347 g/mol. The molecule has 0 spiro atoms. The molecule has 0 N–H and O–H groups in total. The van der Waals surface area contributed by atoms with Crippen LogP contribution in [-0.4, -0.2) is 39.7 Å². The van der Waals surface area contributed by atoms with Crippen LogP contribution in [0.15, 0.2) is 0 Å². The number of carbonyl (C=O) groups is 2. The molecule has 138 valence electrons. The number of aromatic nitrogens is 2. The van der Waals surface area contributed by atoms with Gasteiger partial charge in [0.1, 0.15) is 0 Å². The summed E-state index contributed by atoms with van der Waals surface area (Å²) < 4.78 is 6.75. The van der Waals surface area contributed by atoms with Crippen LogP contribution in [0.1, 0.15) is 73.6 Å². The molecule has 0 aromatic carbocycles. The fraction of sp³-hybridized carbons (Fsp3) is 0.737. The minimum absolute atomic E-state index is 0.204. The van der Waals surface area contributed by atoms with Crippen molar-refractivity contribution >= 4 is 11.9 Å². The van der Waals surface area contributed by atoms with E-state index in [1.807, 2.05) is 4.90 Å². The molecule has 1 fully saturated rings. The SMILES string of the molecule is CCOC(=O)c1c2c(nn1C)CCN(C(=O)CCC1CCCCC1)C2. The molecule has 0 saturated heterocycles. The van der Waals surface area contributed by atoms with Crippen LogP contribution in [-0.2, 0) is 29.5 Å². The van der Waals surface area contributed by atoms with Gasteiger partial charge in [-0.15, -0.1) is 0 Å². The predicted molar refractivity (Wildman–Crippen MR) is 94.1 cm³/mol. The van der Waals surface area contributed by atoms with Crippen LogP contribution in [0.4, 0.5) is 0 Å². The summed E-state index contributed by atoms with van der Waals surface area (Å²) in [5.74, 6) is 0.566. The monoisotopic (exact) mass is 347 g/mol. The first-order valence-electron chi connectivity index (χ1n) is 9.59. The number of rotatable bonds is 5. The molecule has 0 atom stereocenters. The molecule has 3 rings (SSSR count). The molecule has 1 aromatic heterocycles. The van der Waals surface area contributed by atoms with Crippen molar-refractivity contribution in [2.75, 3.05) is 13.2 Å². The van der Waals surface area contributed by atoms with Crippen molar-refractivity contribution < 1.29 is 14.3 Å². The first-order valence-corrected chi connectivity index (χ1v) is 9.59. The van der Waals surface area contributed by atoms with Gasteiger partial charge in [-0.05, 0) is 19.3 Å². The van der Waals surface area contributed by atoms with E-state index >= 15 is 0 Å². The van der Waals surface area contributed by atoms with E-state index in [2.05, 4.69) is 5.10 Å². The second kappa shape index (κ2) is 8.02. The Morgan fingerprint density at radius 3 is 2.72 bits per heavy atom. The number of fused-ring (bicyclic) bond motifs is 1. The Bertz CT molecular complexity index is 632. The van der Waals surface area contributed by atoms with E-state index in [1.165, 1.54) is 32.1 Å². The Balaban J connectivity index is 1.63. The summed E-state index contributed by atoms with van der Waals surface area (Å²) in [5.41, 5.74) is 2.27. The molecule has 1 amide bonds. The second-order valence-electron chi connectivity index (χ2n) is 7.23. The van der Waals surface area contributed by atoms with Gasteiger partial charge < -0.3 is 9.64 Å². The van der Waals surface area contributed by atoms with Crippen LogP contribution in [0.5, 0.6) is 0 Å². The van der Waals surface area contributed by atoms with E-state index in [0.29, 0.717) is 44.1 Å². The van der Waals surface area contributed by atoms with E-state index < -0.39 is 0 Å². The Morgan fingerprint density at radius 2 is 2.00 bits per heavy atom. The summed E-state index contributed by atoms with van der Waals surface area (Å²) >= 11 is 0. The zero-order valence-electron chi connectivity index (χ0n) is 15.4. The molecular weight excluding hydrogens is 318 g/mol. The van der Waals surface area contributed by atoms with Gasteiger partial charge in [0.15, 0.2) is 5.69 Å². The summed E-state index contributed by atoms with van der Waals surface area (Å²) in [6.45, 7) is 3.29. The summed E-state index contributed by atoms with van der Waals surface area (Å²) in [4.78, 5) is 26.8. The summed E-state index contributed by atoms with van der Waals surface area (Å²) in [7, 11) is 1.76. The lowest BCUT2D eigenvalue weighted by molar-refractivity contribution is -0.132. The van der Waals surface area contributed by atoms with Gasteiger partial charge in [0.2, 0.25) is 5.91 Å². The normalized spacial score (nSPS) is 18.1. The lowest BCUT2D eigenvalue weighted by Gasteiger charge is -2.28. The fourth-order valence-corrected chi connectivity index (χ4v) is 4.13. The van der Waals surface area contributed by atoms with Crippen LogP contribution in [0.25, 0.3) is 0 Å². The number of ether oxygens (including phenoxy) is 1. The number of hydrogen-bond donors (Lipinski definition) is 0. The quantitative estimate of drug-likeness (QED) is 0.768. The number of amides is 1. The van der Waals surface area contributed by atoms with Gasteiger partial charge >= 0.3 is 5.97 Å². The van der Waals surface area contributed by atoms with Crippen molar-refractivity contribution in [3.8, 4) is 0 Å². The molecule has 0 bridgehead atoms. The lowest BCUT2D eigenvalue weighted by Crippen LogP contribution is -2.36. The van der Waals surface area contributed by atoms with Crippen molar-refractivity contribution in [2.45, 2.75) is 64.8 Å². The van der Waals surface area contributed by atoms with Crippen LogP contribution in [0.2, 0.25) is 0 Å². The first-order chi connectivity index (χ1) is 12.1. The molecule has 1 aliphatic carbocycles. The van der Waals surface area contributed by atoms with Gasteiger partial charge in [-0.1, -0.05) is 32.1 Å². The maximum absolute atomic E-state index is 12.6. The van der Waals surface area contributed by atoms with E-state index in [4.69, 9.17) is 4.74 Å². The standard InChI is InChI=1S/C19H29N3O3/c1-3-25-19(24)18-15-13-22(12-11-16(15)20-21(18)2)17(23)10-9-14-7-5-4-6-8-14/h14H,3-13H2,1-2H3. The molecule has 2 aliphatic rings. The van der Waals surface area contributed by atoms with Gasteiger partial charge in [0.05, 0.1) is 12.3 Å². The maximum Gasteiger partial charge on any atom is 0.356 e. The van der Waals surface area contributed by atoms with E-state index in [1.54, 1.807) is 18.7 Å². The first kappa shape index (κ1) is 18.0. The minimum Gasteiger partial charge on any atom is -0.461 e. The average Bonchev–Trinajstić information content (AvgIpc) is 2.95. The van der Waals surface area contributed by atoms with Gasteiger partial charge in [0.25, 0.3) is 0 Å². The molecule has 1 aliphatic heterocycles. The smallest absolute Gasteiger partial charge is 0.356 e. The van der Waals surface area contributed by atoms with Crippen molar-refractivity contribution in [3.05, 3.63) is 17.0 Å². The lowest BCUT2D eigenvalue weighted by atomic mass is 9.86. The van der Waals surface area contributed by atoms with Crippen molar-refractivity contribution in [1.82, 2.24) is 14.7 Å². The van der Waals surface area contributed by atoms with Crippen molar-refractivity contribution in [3.63, 3.8) is 0 Å². The number of aryl methyl sites for hydroxylation is 1. The Kier molecular flexibility index (Phi) is 5.76. The third-order valence-electron chi connectivity index (χ3n) is 5.51. The predicted octanol–water partition coefficient (Wildman–Crippen LogP) is 2.84. The molecule has 0 radical (unpaired) electrons. The molecule has 0 unspecified atom stereocenters. The van der Waals surface area contributed by atoms with E-state index in [9.17, 15) is 9.59 Å². The Morgan fingerprint density at radius 1 is 1.24 bits per heavy atom. The van der Waals surface area contributed by atoms with Crippen LogP contribution in [0.3, 0.4) is 0 Å².